The fraction of sp³-hybridized carbons (Fsp3) is 0.762. The molecule has 0 radical (unpaired) electrons. The number of Topliss-reactive ketones (excluding diaryl/α,β-unsaturated/α-hetero) is 2. The molecule has 0 aromatic carbocycles. The molecule has 0 heterocycles. The Morgan fingerprint density at radius 1 is 1.08 bits per heavy atom. The zero-order valence-electron chi connectivity index (χ0n) is 15.4. The lowest BCUT2D eigenvalue weighted by molar-refractivity contribution is -0.146. The Bertz CT molecular complexity index is 707. The quantitative estimate of drug-likeness (QED) is 0.794. The normalized spacial score (nSPS) is 49.1. The summed E-state index contributed by atoms with van der Waals surface area (Å²) in [5, 5.41) is 10.7. The van der Waals surface area contributed by atoms with Gasteiger partial charge in [-0.05, 0) is 62.4 Å². The summed E-state index contributed by atoms with van der Waals surface area (Å²) in [6, 6.07) is 0. The van der Waals surface area contributed by atoms with Crippen molar-refractivity contribution in [3.05, 3.63) is 11.6 Å². The van der Waals surface area contributed by atoms with Gasteiger partial charge in [-0.2, -0.15) is 0 Å². The molecule has 4 aliphatic rings. The molecule has 0 aliphatic heterocycles. The molecule has 0 aromatic rings. The van der Waals surface area contributed by atoms with Crippen LogP contribution in [-0.4, -0.2) is 28.1 Å². The SMILES string of the molecule is CC(=O)[C@]1(O)CC[C@@]2(C)C(=CC(=O)[C@@H]3[C@@H]2CC[C@]2(C)C(=O)CC[C@@H]32)C1. The zero-order valence-corrected chi connectivity index (χ0v) is 15.4. The first-order valence-electron chi connectivity index (χ1n) is 9.63. The lowest BCUT2D eigenvalue weighted by Gasteiger charge is -2.56. The highest BCUT2D eigenvalue weighted by Crippen LogP contribution is 2.63. The van der Waals surface area contributed by atoms with E-state index in [-0.39, 0.29) is 46.6 Å². The summed E-state index contributed by atoms with van der Waals surface area (Å²) in [5.74, 6) is 0.578. The van der Waals surface area contributed by atoms with Crippen LogP contribution >= 0.6 is 0 Å². The van der Waals surface area contributed by atoms with Crippen LogP contribution in [-0.2, 0) is 14.4 Å². The Kier molecular flexibility index (Phi) is 3.51. The molecule has 3 saturated carbocycles. The molecule has 1 N–H and O–H groups in total. The van der Waals surface area contributed by atoms with Gasteiger partial charge in [0.2, 0.25) is 0 Å². The van der Waals surface area contributed by atoms with Crippen LogP contribution in [0, 0.1) is 28.6 Å². The lowest BCUT2D eigenvalue weighted by Crippen LogP contribution is -2.55. The predicted octanol–water partition coefficient (Wildman–Crippen LogP) is 3.02. The number of rotatable bonds is 1. The van der Waals surface area contributed by atoms with Gasteiger partial charge in [0.1, 0.15) is 11.4 Å². The van der Waals surface area contributed by atoms with Crippen molar-refractivity contribution in [2.75, 3.05) is 0 Å². The van der Waals surface area contributed by atoms with Gasteiger partial charge in [-0.1, -0.05) is 19.4 Å². The molecule has 0 bridgehead atoms. The van der Waals surface area contributed by atoms with E-state index in [0.29, 0.717) is 18.6 Å². The van der Waals surface area contributed by atoms with Gasteiger partial charge in [-0.25, -0.2) is 0 Å². The molecular weight excluding hydrogens is 316 g/mol. The van der Waals surface area contributed by atoms with Gasteiger partial charge in [0.15, 0.2) is 11.6 Å². The fourth-order valence-corrected chi connectivity index (χ4v) is 6.47. The number of hydrogen-bond acceptors (Lipinski definition) is 4. The van der Waals surface area contributed by atoms with Crippen molar-refractivity contribution >= 4 is 17.3 Å². The maximum atomic E-state index is 13.0. The van der Waals surface area contributed by atoms with E-state index >= 15 is 0 Å². The highest BCUT2D eigenvalue weighted by Gasteiger charge is 2.62. The van der Waals surface area contributed by atoms with Gasteiger partial charge in [0.25, 0.3) is 0 Å². The molecular formula is C21H28O4. The van der Waals surface area contributed by atoms with Gasteiger partial charge in [0, 0.05) is 24.2 Å². The Morgan fingerprint density at radius 3 is 2.44 bits per heavy atom. The number of carbonyl (C=O) groups excluding carboxylic acids is 3. The number of carbonyl (C=O) groups is 3. The van der Waals surface area contributed by atoms with Crippen LogP contribution in [0.15, 0.2) is 11.6 Å². The van der Waals surface area contributed by atoms with Crippen molar-refractivity contribution < 1.29 is 19.5 Å². The second-order valence-corrected chi connectivity index (χ2v) is 9.41. The number of allylic oxidation sites excluding steroid dienone is 1. The molecule has 0 unspecified atom stereocenters. The first-order valence-corrected chi connectivity index (χ1v) is 9.63. The molecule has 0 aromatic heterocycles. The Hall–Kier alpha value is -1.29. The molecule has 25 heavy (non-hydrogen) atoms. The fourth-order valence-electron chi connectivity index (χ4n) is 6.47. The van der Waals surface area contributed by atoms with Crippen LogP contribution in [0.5, 0.6) is 0 Å². The lowest BCUT2D eigenvalue weighted by atomic mass is 9.47. The van der Waals surface area contributed by atoms with E-state index in [4.69, 9.17) is 0 Å². The molecule has 4 aliphatic carbocycles. The average Bonchev–Trinajstić information content (AvgIpc) is 2.85. The van der Waals surface area contributed by atoms with E-state index in [1.54, 1.807) is 6.08 Å². The first kappa shape index (κ1) is 17.1. The van der Waals surface area contributed by atoms with Crippen LogP contribution in [0.25, 0.3) is 0 Å². The second kappa shape index (κ2) is 5.12. The van der Waals surface area contributed by atoms with Crippen LogP contribution in [0.1, 0.15) is 65.7 Å². The van der Waals surface area contributed by atoms with Gasteiger partial charge in [-0.3, -0.25) is 14.4 Å². The van der Waals surface area contributed by atoms with Crippen LogP contribution < -0.4 is 0 Å². The standard InChI is InChI=1S/C21H28O4/c1-12(22)21(25)9-8-19(2)13(11-21)10-16(23)18-14-4-5-17(24)20(14,3)7-6-15(18)19/h10,14-15,18,25H,4-9,11H2,1-3H3/t14-,15-,18-,19-,20-,21-/m0/s1. The summed E-state index contributed by atoms with van der Waals surface area (Å²) in [7, 11) is 0. The summed E-state index contributed by atoms with van der Waals surface area (Å²) in [4.78, 5) is 37.4. The largest absolute Gasteiger partial charge is 0.382 e. The first-order chi connectivity index (χ1) is 11.6. The Morgan fingerprint density at radius 2 is 1.76 bits per heavy atom. The summed E-state index contributed by atoms with van der Waals surface area (Å²) in [6.45, 7) is 5.71. The maximum absolute atomic E-state index is 13.0. The maximum Gasteiger partial charge on any atom is 0.161 e. The smallest absolute Gasteiger partial charge is 0.161 e. The highest BCUT2D eigenvalue weighted by molar-refractivity contribution is 5.97. The molecule has 3 fully saturated rings. The van der Waals surface area contributed by atoms with E-state index < -0.39 is 5.60 Å². The molecule has 136 valence electrons. The van der Waals surface area contributed by atoms with Crippen molar-refractivity contribution in [2.24, 2.45) is 28.6 Å². The predicted molar refractivity (Wildman–Crippen MR) is 92.7 cm³/mol. The molecule has 4 rings (SSSR count). The van der Waals surface area contributed by atoms with Crippen molar-refractivity contribution in [1.82, 2.24) is 0 Å². The molecule has 4 heteroatoms. The third kappa shape index (κ3) is 2.12. The van der Waals surface area contributed by atoms with E-state index in [1.165, 1.54) is 6.92 Å². The summed E-state index contributed by atoms with van der Waals surface area (Å²) in [6.07, 6.45) is 6.41. The van der Waals surface area contributed by atoms with Crippen molar-refractivity contribution in [3.8, 4) is 0 Å². The zero-order chi connectivity index (χ0) is 18.2. The minimum Gasteiger partial charge on any atom is -0.382 e. The van der Waals surface area contributed by atoms with E-state index in [2.05, 4.69) is 13.8 Å². The summed E-state index contributed by atoms with van der Waals surface area (Å²) in [5.41, 5.74) is -0.818. The van der Waals surface area contributed by atoms with E-state index in [1.807, 2.05) is 0 Å². The third-order valence-corrected chi connectivity index (χ3v) is 8.37. The number of aliphatic hydroxyl groups is 1. The highest BCUT2D eigenvalue weighted by atomic mass is 16.3. The van der Waals surface area contributed by atoms with Crippen LogP contribution in [0.3, 0.4) is 0 Å². The van der Waals surface area contributed by atoms with Crippen LogP contribution in [0.4, 0.5) is 0 Å². The second-order valence-electron chi connectivity index (χ2n) is 9.41. The van der Waals surface area contributed by atoms with Crippen molar-refractivity contribution in [1.29, 1.82) is 0 Å². The monoisotopic (exact) mass is 344 g/mol. The molecule has 0 saturated heterocycles. The molecule has 0 amide bonds. The topological polar surface area (TPSA) is 71.4 Å². The minimum absolute atomic E-state index is 0.0672. The number of fused-ring (bicyclic) bond motifs is 5. The number of ketones is 3. The summed E-state index contributed by atoms with van der Waals surface area (Å²) >= 11 is 0. The van der Waals surface area contributed by atoms with Gasteiger partial charge < -0.3 is 5.11 Å². The van der Waals surface area contributed by atoms with Gasteiger partial charge in [0.05, 0.1) is 0 Å². The van der Waals surface area contributed by atoms with E-state index in [9.17, 15) is 19.5 Å². The molecule has 6 atom stereocenters. The van der Waals surface area contributed by atoms with Crippen molar-refractivity contribution in [3.63, 3.8) is 0 Å². The third-order valence-electron chi connectivity index (χ3n) is 8.37. The minimum atomic E-state index is -1.31. The van der Waals surface area contributed by atoms with Crippen molar-refractivity contribution in [2.45, 2.75) is 71.3 Å². The van der Waals surface area contributed by atoms with Gasteiger partial charge >= 0.3 is 0 Å². The summed E-state index contributed by atoms with van der Waals surface area (Å²) < 4.78 is 0. The van der Waals surface area contributed by atoms with Gasteiger partial charge in [-0.15, -0.1) is 0 Å². The average molecular weight is 344 g/mol. The molecule has 0 spiro atoms. The number of hydrogen-bond donors (Lipinski definition) is 1. The Labute approximate surface area is 149 Å². The Balaban J connectivity index is 1.74. The van der Waals surface area contributed by atoms with Crippen LogP contribution in [0.2, 0.25) is 0 Å². The van der Waals surface area contributed by atoms with E-state index in [0.717, 1.165) is 31.3 Å². The molecule has 4 nitrogen and oxygen atoms in total.